The van der Waals surface area contributed by atoms with Crippen LogP contribution in [0.4, 0.5) is 5.69 Å². The number of halogens is 2. The predicted octanol–water partition coefficient (Wildman–Crippen LogP) is 3.04. The first kappa shape index (κ1) is 12.8. The van der Waals surface area contributed by atoms with Gasteiger partial charge in [0.2, 0.25) is 5.91 Å². The molecular formula is C10H9Cl2NO3. The van der Waals surface area contributed by atoms with Crippen LogP contribution in [-0.2, 0) is 4.79 Å². The van der Waals surface area contributed by atoms with Gasteiger partial charge >= 0.3 is 5.97 Å². The third-order valence-electron chi connectivity index (χ3n) is 1.86. The van der Waals surface area contributed by atoms with Crippen LogP contribution in [0.2, 0.25) is 10.0 Å². The number of hydrogen-bond donors (Lipinski definition) is 2. The van der Waals surface area contributed by atoms with Gasteiger partial charge < -0.3 is 10.4 Å². The number of carbonyl (C=O) groups is 2. The van der Waals surface area contributed by atoms with Crippen LogP contribution in [0.3, 0.4) is 0 Å². The Kier molecular flexibility index (Phi) is 4.15. The number of carboxylic acids is 1. The van der Waals surface area contributed by atoms with Gasteiger partial charge in [0.05, 0.1) is 10.7 Å². The third kappa shape index (κ3) is 2.87. The summed E-state index contributed by atoms with van der Waals surface area (Å²) in [6, 6.07) is 2.67. The highest BCUT2D eigenvalue weighted by Gasteiger charge is 2.17. The molecule has 0 aliphatic heterocycles. The van der Waals surface area contributed by atoms with Gasteiger partial charge in [-0.15, -0.1) is 0 Å². The Morgan fingerprint density at radius 1 is 1.38 bits per heavy atom. The first-order valence-electron chi connectivity index (χ1n) is 4.48. The molecule has 0 saturated carbocycles. The van der Waals surface area contributed by atoms with E-state index in [0.717, 1.165) is 0 Å². The molecule has 6 heteroatoms. The molecule has 4 nitrogen and oxygen atoms in total. The smallest absolute Gasteiger partial charge is 0.339 e. The van der Waals surface area contributed by atoms with Crippen LogP contribution < -0.4 is 5.32 Å². The second kappa shape index (κ2) is 5.18. The Morgan fingerprint density at radius 2 is 2.00 bits per heavy atom. The summed E-state index contributed by atoms with van der Waals surface area (Å²) >= 11 is 11.5. The molecule has 0 aliphatic rings. The van der Waals surface area contributed by atoms with Crippen molar-refractivity contribution in [1.29, 1.82) is 0 Å². The van der Waals surface area contributed by atoms with Crippen LogP contribution in [0, 0.1) is 0 Å². The monoisotopic (exact) mass is 261 g/mol. The van der Waals surface area contributed by atoms with Gasteiger partial charge in [0.25, 0.3) is 0 Å². The van der Waals surface area contributed by atoms with Crippen LogP contribution in [0.5, 0.6) is 0 Å². The molecule has 0 bridgehead atoms. The predicted molar refractivity (Wildman–Crippen MR) is 62.3 cm³/mol. The minimum atomic E-state index is -1.21. The van der Waals surface area contributed by atoms with Crippen LogP contribution >= 0.6 is 23.2 Å². The first-order valence-corrected chi connectivity index (χ1v) is 5.23. The Hall–Kier alpha value is -1.26. The fourth-order valence-corrected chi connectivity index (χ4v) is 1.70. The summed E-state index contributed by atoms with van der Waals surface area (Å²) in [7, 11) is 0. The van der Waals surface area contributed by atoms with Gasteiger partial charge in [0, 0.05) is 11.4 Å². The lowest BCUT2D eigenvalue weighted by atomic mass is 10.1. The third-order valence-corrected chi connectivity index (χ3v) is 2.38. The van der Waals surface area contributed by atoms with E-state index in [4.69, 9.17) is 28.3 Å². The van der Waals surface area contributed by atoms with Crippen LogP contribution in [0.15, 0.2) is 12.1 Å². The Balaban J connectivity index is 3.24. The molecule has 0 heterocycles. The molecule has 86 valence electrons. The highest BCUT2D eigenvalue weighted by atomic mass is 35.5. The molecule has 0 saturated heterocycles. The molecule has 0 radical (unpaired) electrons. The quantitative estimate of drug-likeness (QED) is 0.879. The summed E-state index contributed by atoms with van der Waals surface area (Å²) in [5.74, 6) is -1.52. The molecule has 2 N–H and O–H groups in total. The second-order valence-electron chi connectivity index (χ2n) is 3.02. The van der Waals surface area contributed by atoms with Crippen molar-refractivity contribution in [1.82, 2.24) is 0 Å². The fraction of sp³-hybridized carbons (Fsp3) is 0.200. The zero-order valence-electron chi connectivity index (χ0n) is 8.38. The lowest BCUT2D eigenvalue weighted by Crippen LogP contribution is -2.13. The minimum absolute atomic E-state index is 0.00796. The maximum atomic E-state index is 11.2. The average molecular weight is 262 g/mol. The van der Waals surface area contributed by atoms with E-state index in [1.807, 2.05) is 0 Å². The van der Waals surface area contributed by atoms with Gasteiger partial charge in [-0.25, -0.2) is 4.79 Å². The van der Waals surface area contributed by atoms with Crippen LogP contribution in [0.25, 0.3) is 0 Å². The Bertz CT molecular complexity index is 446. The molecule has 0 atom stereocenters. The summed E-state index contributed by atoms with van der Waals surface area (Å²) in [6.07, 6.45) is 0.239. The number of amides is 1. The van der Waals surface area contributed by atoms with E-state index in [-0.39, 0.29) is 33.6 Å². The summed E-state index contributed by atoms with van der Waals surface area (Å²) in [4.78, 5) is 22.1. The molecule has 1 rings (SSSR count). The molecule has 1 amide bonds. The van der Waals surface area contributed by atoms with Gasteiger partial charge in [-0.2, -0.15) is 0 Å². The zero-order valence-corrected chi connectivity index (χ0v) is 9.89. The van der Waals surface area contributed by atoms with Crippen molar-refractivity contribution in [2.75, 3.05) is 5.32 Å². The minimum Gasteiger partial charge on any atom is -0.478 e. The number of carboxylic acid groups (broad SMARTS) is 1. The average Bonchev–Trinajstić information content (AvgIpc) is 2.15. The van der Waals surface area contributed by atoms with E-state index < -0.39 is 5.97 Å². The van der Waals surface area contributed by atoms with E-state index >= 15 is 0 Å². The van der Waals surface area contributed by atoms with Gasteiger partial charge in [0.15, 0.2) is 0 Å². The van der Waals surface area contributed by atoms with Gasteiger partial charge in [-0.05, 0) is 12.1 Å². The SMILES string of the molecule is CCC(=O)Nc1cc(Cl)cc(Cl)c1C(=O)O. The van der Waals surface area contributed by atoms with E-state index in [0.29, 0.717) is 0 Å². The van der Waals surface area contributed by atoms with Crippen LogP contribution in [-0.4, -0.2) is 17.0 Å². The molecule has 0 fully saturated rings. The number of nitrogens with one attached hydrogen (secondary N) is 1. The molecule has 1 aromatic carbocycles. The molecule has 0 spiro atoms. The Labute approximate surface area is 102 Å². The maximum absolute atomic E-state index is 11.2. The van der Waals surface area contributed by atoms with E-state index in [9.17, 15) is 9.59 Å². The highest BCUT2D eigenvalue weighted by molar-refractivity contribution is 6.37. The van der Waals surface area contributed by atoms with Crippen molar-refractivity contribution >= 4 is 40.8 Å². The number of carbonyl (C=O) groups excluding carboxylic acids is 1. The molecule has 1 aromatic rings. The summed E-state index contributed by atoms with van der Waals surface area (Å²) in [6.45, 7) is 1.65. The standard InChI is InChI=1S/C10H9Cl2NO3/c1-2-8(14)13-7-4-5(11)3-6(12)9(7)10(15)16/h3-4H,2H2,1H3,(H,13,14)(H,15,16). The molecule has 16 heavy (non-hydrogen) atoms. The molecular weight excluding hydrogens is 253 g/mol. The normalized spacial score (nSPS) is 9.94. The largest absolute Gasteiger partial charge is 0.478 e. The zero-order chi connectivity index (χ0) is 12.3. The summed E-state index contributed by atoms with van der Waals surface area (Å²) < 4.78 is 0. The summed E-state index contributed by atoms with van der Waals surface area (Å²) in [5, 5.41) is 11.6. The number of benzene rings is 1. The van der Waals surface area contributed by atoms with Crippen molar-refractivity contribution in [3.8, 4) is 0 Å². The number of aromatic carboxylic acids is 1. The van der Waals surface area contributed by atoms with Crippen molar-refractivity contribution in [2.24, 2.45) is 0 Å². The van der Waals surface area contributed by atoms with Crippen molar-refractivity contribution in [2.45, 2.75) is 13.3 Å². The van der Waals surface area contributed by atoms with Crippen LogP contribution in [0.1, 0.15) is 23.7 Å². The Morgan fingerprint density at radius 3 is 2.50 bits per heavy atom. The van der Waals surface area contributed by atoms with Crippen molar-refractivity contribution < 1.29 is 14.7 Å². The van der Waals surface area contributed by atoms with Gasteiger partial charge in [-0.3, -0.25) is 4.79 Å². The number of anilines is 1. The van der Waals surface area contributed by atoms with E-state index in [1.165, 1.54) is 12.1 Å². The van der Waals surface area contributed by atoms with Gasteiger partial charge in [0.1, 0.15) is 5.56 Å². The maximum Gasteiger partial charge on any atom is 0.339 e. The molecule has 0 aliphatic carbocycles. The summed E-state index contributed by atoms with van der Waals surface area (Å²) in [5.41, 5.74) is -0.0512. The lowest BCUT2D eigenvalue weighted by molar-refractivity contribution is -0.115. The van der Waals surface area contributed by atoms with Crippen molar-refractivity contribution in [3.05, 3.63) is 27.7 Å². The highest BCUT2D eigenvalue weighted by Crippen LogP contribution is 2.29. The topological polar surface area (TPSA) is 66.4 Å². The number of hydrogen-bond acceptors (Lipinski definition) is 2. The molecule has 0 aromatic heterocycles. The fourth-order valence-electron chi connectivity index (χ4n) is 1.13. The molecule has 0 unspecified atom stereocenters. The van der Waals surface area contributed by atoms with E-state index in [2.05, 4.69) is 5.32 Å². The van der Waals surface area contributed by atoms with Crippen molar-refractivity contribution in [3.63, 3.8) is 0 Å². The second-order valence-corrected chi connectivity index (χ2v) is 3.86. The van der Waals surface area contributed by atoms with Gasteiger partial charge in [-0.1, -0.05) is 30.1 Å². The number of rotatable bonds is 3. The first-order chi connectivity index (χ1) is 7.45. The lowest BCUT2D eigenvalue weighted by Gasteiger charge is -2.09. The van der Waals surface area contributed by atoms with E-state index in [1.54, 1.807) is 6.92 Å².